The summed E-state index contributed by atoms with van der Waals surface area (Å²) in [6, 6.07) is 5.79. The van der Waals surface area contributed by atoms with E-state index in [-0.39, 0.29) is 12.5 Å². The van der Waals surface area contributed by atoms with E-state index in [1.165, 1.54) is 0 Å². The zero-order valence-electron chi connectivity index (χ0n) is 12.9. The number of nitrogens with zero attached hydrogens (tertiary/aromatic N) is 1. The van der Waals surface area contributed by atoms with Gasteiger partial charge in [-0.15, -0.1) is 0 Å². The van der Waals surface area contributed by atoms with Crippen LogP contribution in [0.15, 0.2) is 22.7 Å². The quantitative estimate of drug-likeness (QED) is 0.745. The van der Waals surface area contributed by atoms with Gasteiger partial charge in [-0.3, -0.25) is 9.69 Å². The third-order valence-electron chi connectivity index (χ3n) is 3.52. The van der Waals surface area contributed by atoms with E-state index < -0.39 is 0 Å². The van der Waals surface area contributed by atoms with Gasteiger partial charge in [0.2, 0.25) is 0 Å². The van der Waals surface area contributed by atoms with E-state index >= 15 is 0 Å². The summed E-state index contributed by atoms with van der Waals surface area (Å²) in [5, 5.41) is 2.89. The van der Waals surface area contributed by atoms with E-state index in [0.717, 1.165) is 49.3 Å². The van der Waals surface area contributed by atoms with Crippen molar-refractivity contribution >= 4 is 21.8 Å². The van der Waals surface area contributed by atoms with Crippen LogP contribution >= 0.6 is 15.9 Å². The lowest BCUT2D eigenvalue weighted by molar-refractivity contribution is -0.123. The topological polar surface area (TPSA) is 50.8 Å². The summed E-state index contributed by atoms with van der Waals surface area (Å²) < 4.78 is 11.7. The highest BCUT2D eigenvalue weighted by atomic mass is 79.9. The normalized spacial score (nSPS) is 15.5. The zero-order chi connectivity index (χ0) is 15.8. The highest BCUT2D eigenvalue weighted by molar-refractivity contribution is 9.10. The summed E-state index contributed by atoms with van der Waals surface area (Å²) in [7, 11) is 0. The molecule has 1 aromatic carbocycles. The number of rotatable bonds is 7. The van der Waals surface area contributed by atoms with Crippen LogP contribution in [0.2, 0.25) is 0 Å². The second-order valence-corrected chi connectivity index (χ2v) is 6.23. The van der Waals surface area contributed by atoms with E-state index in [2.05, 4.69) is 26.1 Å². The average molecular weight is 371 g/mol. The highest BCUT2D eigenvalue weighted by Gasteiger charge is 2.10. The fraction of sp³-hybridized carbons (Fsp3) is 0.562. The number of benzene rings is 1. The number of aryl methyl sites for hydroxylation is 1. The molecule has 122 valence electrons. The first-order valence-electron chi connectivity index (χ1n) is 7.61. The molecule has 0 unspecified atom stereocenters. The molecule has 1 aliphatic rings. The summed E-state index contributed by atoms with van der Waals surface area (Å²) in [6.07, 6.45) is 0.944. The van der Waals surface area contributed by atoms with Crippen LogP contribution < -0.4 is 10.1 Å². The second kappa shape index (κ2) is 9.12. The van der Waals surface area contributed by atoms with Crippen LogP contribution in [0.3, 0.4) is 0 Å². The summed E-state index contributed by atoms with van der Waals surface area (Å²) in [6.45, 7) is 7.31. The van der Waals surface area contributed by atoms with Crippen molar-refractivity contribution in [1.82, 2.24) is 10.2 Å². The minimum Gasteiger partial charge on any atom is -0.483 e. The molecule has 1 N–H and O–H groups in total. The van der Waals surface area contributed by atoms with Crippen molar-refractivity contribution in [3.05, 3.63) is 28.2 Å². The van der Waals surface area contributed by atoms with Gasteiger partial charge in [-0.05, 0) is 53.5 Å². The molecule has 0 saturated carbocycles. The van der Waals surface area contributed by atoms with Crippen molar-refractivity contribution in [3.63, 3.8) is 0 Å². The molecule has 1 fully saturated rings. The maximum absolute atomic E-state index is 11.8. The molecule has 6 heteroatoms. The minimum atomic E-state index is -0.0885. The Labute approximate surface area is 140 Å². The Hall–Kier alpha value is -1.11. The first-order chi connectivity index (χ1) is 10.6. The molecule has 1 amide bonds. The van der Waals surface area contributed by atoms with E-state index in [9.17, 15) is 4.79 Å². The van der Waals surface area contributed by atoms with E-state index in [0.29, 0.717) is 12.3 Å². The van der Waals surface area contributed by atoms with Crippen molar-refractivity contribution in [1.29, 1.82) is 0 Å². The standard InChI is InChI=1S/C16H23BrN2O3/c1-13-3-4-15(14(17)11-13)22-12-16(20)18-5-2-6-19-7-9-21-10-8-19/h3-4,11H,2,5-10,12H2,1H3,(H,18,20). The lowest BCUT2D eigenvalue weighted by Crippen LogP contribution is -2.38. The third kappa shape index (κ3) is 5.94. The zero-order valence-corrected chi connectivity index (χ0v) is 14.5. The van der Waals surface area contributed by atoms with E-state index in [1.807, 2.05) is 25.1 Å². The van der Waals surface area contributed by atoms with Gasteiger partial charge in [0.25, 0.3) is 5.91 Å². The molecule has 1 aromatic rings. The monoisotopic (exact) mass is 370 g/mol. The lowest BCUT2D eigenvalue weighted by Gasteiger charge is -2.26. The Kier molecular flexibility index (Phi) is 7.15. The molecule has 0 aromatic heterocycles. The number of halogens is 1. The number of hydrogen-bond donors (Lipinski definition) is 1. The Bertz CT molecular complexity index is 490. The average Bonchev–Trinajstić information content (AvgIpc) is 2.52. The molecule has 2 rings (SSSR count). The van der Waals surface area contributed by atoms with Gasteiger partial charge in [-0.1, -0.05) is 6.07 Å². The fourth-order valence-electron chi connectivity index (χ4n) is 2.27. The largest absolute Gasteiger partial charge is 0.483 e. The van der Waals surface area contributed by atoms with Crippen LogP contribution in [0.5, 0.6) is 5.75 Å². The van der Waals surface area contributed by atoms with Crippen LogP contribution in [0.1, 0.15) is 12.0 Å². The Morgan fingerprint density at radius 2 is 2.18 bits per heavy atom. The maximum Gasteiger partial charge on any atom is 0.257 e. The first-order valence-corrected chi connectivity index (χ1v) is 8.40. The number of nitrogens with one attached hydrogen (secondary N) is 1. The number of hydrogen-bond acceptors (Lipinski definition) is 4. The van der Waals surface area contributed by atoms with Gasteiger partial charge in [0.1, 0.15) is 5.75 Å². The predicted octanol–water partition coefficient (Wildman–Crippen LogP) is 1.97. The molecule has 0 aliphatic carbocycles. The molecule has 1 saturated heterocycles. The molecule has 0 radical (unpaired) electrons. The summed E-state index contributed by atoms with van der Waals surface area (Å²) in [4.78, 5) is 14.1. The molecule has 1 aliphatic heterocycles. The van der Waals surface area contributed by atoms with Gasteiger partial charge in [-0.2, -0.15) is 0 Å². The van der Waals surface area contributed by atoms with Crippen LogP contribution in [0, 0.1) is 6.92 Å². The van der Waals surface area contributed by atoms with Gasteiger partial charge in [0.05, 0.1) is 17.7 Å². The predicted molar refractivity (Wildman–Crippen MR) is 89.3 cm³/mol. The van der Waals surface area contributed by atoms with Crippen LogP contribution in [-0.2, 0) is 9.53 Å². The van der Waals surface area contributed by atoms with Crippen molar-refractivity contribution in [2.24, 2.45) is 0 Å². The summed E-state index contributed by atoms with van der Waals surface area (Å²) in [5.41, 5.74) is 1.15. The van der Waals surface area contributed by atoms with Crippen LogP contribution in [0.25, 0.3) is 0 Å². The van der Waals surface area contributed by atoms with E-state index in [1.54, 1.807) is 0 Å². The van der Waals surface area contributed by atoms with Crippen molar-refractivity contribution in [2.75, 3.05) is 46.0 Å². The Balaban J connectivity index is 1.59. The number of amides is 1. The lowest BCUT2D eigenvalue weighted by atomic mass is 10.2. The molecule has 0 spiro atoms. The van der Waals surface area contributed by atoms with Gasteiger partial charge in [-0.25, -0.2) is 0 Å². The highest BCUT2D eigenvalue weighted by Crippen LogP contribution is 2.25. The van der Waals surface area contributed by atoms with Gasteiger partial charge in [0.15, 0.2) is 6.61 Å². The van der Waals surface area contributed by atoms with Crippen LogP contribution in [0.4, 0.5) is 0 Å². The molecule has 22 heavy (non-hydrogen) atoms. The summed E-state index contributed by atoms with van der Waals surface area (Å²) in [5.74, 6) is 0.600. The first kappa shape index (κ1) is 17.2. The van der Waals surface area contributed by atoms with Crippen LogP contribution in [-0.4, -0.2) is 56.8 Å². The molecule has 1 heterocycles. The minimum absolute atomic E-state index is 0.0409. The molecular formula is C16H23BrN2O3. The van der Waals surface area contributed by atoms with Gasteiger partial charge < -0.3 is 14.8 Å². The molecular weight excluding hydrogens is 348 g/mol. The second-order valence-electron chi connectivity index (χ2n) is 5.38. The Morgan fingerprint density at radius 1 is 1.41 bits per heavy atom. The number of carbonyl (C=O) groups is 1. The number of morpholine rings is 1. The Morgan fingerprint density at radius 3 is 2.91 bits per heavy atom. The molecule has 0 atom stereocenters. The van der Waals surface area contributed by atoms with Crippen molar-refractivity contribution in [2.45, 2.75) is 13.3 Å². The summed E-state index contributed by atoms with van der Waals surface area (Å²) >= 11 is 3.43. The SMILES string of the molecule is Cc1ccc(OCC(=O)NCCCN2CCOCC2)c(Br)c1. The van der Waals surface area contributed by atoms with Crippen molar-refractivity contribution < 1.29 is 14.3 Å². The smallest absolute Gasteiger partial charge is 0.257 e. The molecule has 0 bridgehead atoms. The number of carbonyl (C=O) groups excluding carboxylic acids is 1. The molecule has 5 nitrogen and oxygen atoms in total. The third-order valence-corrected chi connectivity index (χ3v) is 4.14. The van der Waals surface area contributed by atoms with Gasteiger partial charge in [0, 0.05) is 19.6 Å². The van der Waals surface area contributed by atoms with E-state index in [4.69, 9.17) is 9.47 Å². The maximum atomic E-state index is 11.8. The number of ether oxygens (including phenoxy) is 2. The van der Waals surface area contributed by atoms with Crippen molar-refractivity contribution in [3.8, 4) is 5.75 Å². The van der Waals surface area contributed by atoms with Gasteiger partial charge >= 0.3 is 0 Å². The fourth-order valence-corrected chi connectivity index (χ4v) is 2.88.